The highest BCUT2D eigenvalue weighted by Gasteiger charge is 2.16. The maximum Gasteiger partial charge on any atom is 0.305 e. The molecule has 0 saturated carbocycles. The van der Waals surface area contributed by atoms with Gasteiger partial charge in [-0.1, -0.05) is 6.92 Å². The van der Waals surface area contributed by atoms with Crippen LogP contribution in [0.4, 0.5) is 0 Å². The number of hydrogen-bond acceptors (Lipinski definition) is 3. The van der Waals surface area contributed by atoms with E-state index in [4.69, 9.17) is 11.6 Å². The second-order valence-corrected chi connectivity index (χ2v) is 3.80. The van der Waals surface area contributed by atoms with Crippen LogP contribution in [0.25, 0.3) is 0 Å². The topological polar surface area (TPSA) is 46.6 Å². The maximum atomic E-state index is 11.5. The van der Waals surface area contributed by atoms with Crippen molar-refractivity contribution in [3.8, 4) is 0 Å². The number of alkyl halides is 1. The van der Waals surface area contributed by atoms with Crippen LogP contribution in [-0.4, -0.2) is 43.4 Å². The van der Waals surface area contributed by atoms with E-state index in [1.54, 1.807) is 18.9 Å². The monoisotopic (exact) mass is 235 g/mol. The lowest BCUT2D eigenvalue weighted by Crippen LogP contribution is -2.33. The molecule has 0 fully saturated rings. The predicted octanol–water partition coefficient (Wildman–Crippen LogP) is 1.27. The molecule has 0 heterocycles. The molecule has 4 nitrogen and oxygen atoms in total. The Hall–Kier alpha value is -0.770. The molecule has 5 heteroatoms. The summed E-state index contributed by atoms with van der Waals surface area (Å²) in [5, 5.41) is 0. The van der Waals surface area contributed by atoms with Gasteiger partial charge < -0.3 is 9.64 Å². The van der Waals surface area contributed by atoms with Gasteiger partial charge in [0.25, 0.3) is 0 Å². The van der Waals surface area contributed by atoms with E-state index in [2.05, 4.69) is 4.74 Å². The molecule has 0 aromatic carbocycles. The number of esters is 1. The van der Waals surface area contributed by atoms with E-state index < -0.39 is 0 Å². The molecule has 0 aliphatic carbocycles. The van der Waals surface area contributed by atoms with Gasteiger partial charge in [0, 0.05) is 31.8 Å². The van der Waals surface area contributed by atoms with Gasteiger partial charge in [-0.3, -0.25) is 9.59 Å². The van der Waals surface area contributed by atoms with Crippen LogP contribution in [0.15, 0.2) is 0 Å². The molecule has 1 atom stereocenters. The fourth-order valence-electron chi connectivity index (χ4n) is 1.12. The van der Waals surface area contributed by atoms with Crippen molar-refractivity contribution in [2.75, 3.05) is 26.6 Å². The molecule has 0 rings (SSSR count). The minimum atomic E-state index is -0.249. The molecule has 0 aromatic heterocycles. The number of hydrogen-bond donors (Lipinski definition) is 0. The van der Waals surface area contributed by atoms with Crippen LogP contribution in [0.5, 0.6) is 0 Å². The fraction of sp³-hybridized carbons (Fsp3) is 0.800. The van der Waals surface area contributed by atoms with Gasteiger partial charge in [0.1, 0.15) is 0 Å². The zero-order chi connectivity index (χ0) is 11.8. The van der Waals surface area contributed by atoms with E-state index in [1.807, 2.05) is 0 Å². The first-order valence-electron chi connectivity index (χ1n) is 4.90. The molecule has 0 aromatic rings. The van der Waals surface area contributed by atoms with Crippen molar-refractivity contribution in [2.45, 2.75) is 19.8 Å². The normalized spacial score (nSPS) is 12.0. The molecule has 0 saturated heterocycles. The third-order valence-corrected chi connectivity index (χ3v) is 2.59. The van der Waals surface area contributed by atoms with Crippen LogP contribution in [0.3, 0.4) is 0 Å². The minimum absolute atomic E-state index is 0.00914. The van der Waals surface area contributed by atoms with E-state index in [-0.39, 0.29) is 17.8 Å². The minimum Gasteiger partial charge on any atom is -0.469 e. The molecule has 0 bridgehead atoms. The van der Waals surface area contributed by atoms with Crippen molar-refractivity contribution in [2.24, 2.45) is 5.92 Å². The van der Waals surface area contributed by atoms with Crippen molar-refractivity contribution in [1.29, 1.82) is 0 Å². The van der Waals surface area contributed by atoms with E-state index in [9.17, 15) is 9.59 Å². The smallest absolute Gasteiger partial charge is 0.305 e. The Balaban J connectivity index is 3.78. The van der Waals surface area contributed by atoms with Crippen molar-refractivity contribution >= 4 is 23.5 Å². The predicted molar refractivity (Wildman–Crippen MR) is 58.8 cm³/mol. The summed E-state index contributed by atoms with van der Waals surface area (Å²) < 4.78 is 4.50. The number of carbonyl (C=O) groups is 2. The Morgan fingerprint density at radius 3 is 2.53 bits per heavy atom. The first kappa shape index (κ1) is 14.2. The summed E-state index contributed by atoms with van der Waals surface area (Å²) >= 11 is 5.58. The average Bonchev–Trinajstić information content (AvgIpc) is 2.26. The van der Waals surface area contributed by atoms with Crippen molar-refractivity contribution in [3.05, 3.63) is 0 Å². The molecule has 88 valence electrons. The number of carbonyl (C=O) groups excluding carboxylic acids is 2. The van der Waals surface area contributed by atoms with Gasteiger partial charge in [0.2, 0.25) is 5.91 Å². The van der Waals surface area contributed by atoms with Crippen LogP contribution in [-0.2, 0) is 14.3 Å². The third kappa shape index (κ3) is 5.62. The standard InChI is InChI=1S/C10H18ClNO3/c1-8(7-11)10(14)12(2)6-4-5-9(13)15-3/h8H,4-7H2,1-3H3. The summed E-state index contributed by atoms with van der Waals surface area (Å²) in [4.78, 5) is 23.9. The zero-order valence-electron chi connectivity index (χ0n) is 9.46. The summed E-state index contributed by atoms with van der Waals surface area (Å²) in [5.74, 6) is -0.0916. The molecule has 15 heavy (non-hydrogen) atoms. The summed E-state index contributed by atoms with van der Waals surface area (Å²) in [5.41, 5.74) is 0. The fourth-order valence-corrected chi connectivity index (χ4v) is 1.25. The zero-order valence-corrected chi connectivity index (χ0v) is 10.2. The first-order valence-corrected chi connectivity index (χ1v) is 5.44. The Kier molecular flexibility index (Phi) is 7.13. The quantitative estimate of drug-likeness (QED) is 0.515. The molecule has 0 aliphatic rings. The molecule has 1 unspecified atom stereocenters. The van der Waals surface area contributed by atoms with Crippen molar-refractivity contribution in [3.63, 3.8) is 0 Å². The number of halogens is 1. The van der Waals surface area contributed by atoms with Crippen molar-refractivity contribution in [1.82, 2.24) is 4.90 Å². The SMILES string of the molecule is COC(=O)CCCN(C)C(=O)C(C)CCl. The van der Waals surface area contributed by atoms with Crippen LogP contribution in [0.2, 0.25) is 0 Å². The van der Waals surface area contributed by atoms with Crippen molar-refractivity contribution < 1.29 is 14.3 Å². The average molecular weight is 236 g/mol. The van der Waals surface area contributed by atoms with Gasteiger partial charge >= 0.3 is 5.97 Å². The highest BCUT2D eigenvalue weighted by Crippen LogP contribution is 2.04. The van der Waals surface area contributed by atoms with E-state index in [0.717, 1.165) is 0 Å². The lowest BCUT2D eigenvalue weighted by molar-refractivity contribution is -0.141. The maximum absolute atomic E-state index is 11.5. The Morgan fingerprint density at radius 1 is 1.47 bits per heavy atom. The number of nitrogens with zero attached hydrogens (tertiary/aromatic N) is 1. The largest absolute Gasteiger partial charge is 0.469 e. The van der Waals surface area contributed by atoms with Gasteiger partial charge in [-0.15, -0.1) is 11.6 Å². The van der Waals surface area contributed by atoms with E-state index in [0.29, 0.717) is 25.3 Å². The highest BCUT2D eigenvalue weighted by molar-refractivity contribution is 6.19. The number of rotatable bonds is 6. The van der Waals surface area contributed by atoms with Crippen LogP contribution < -0.4 is 0 Å². The second kappa shape index (κ2) is 7.51. The first-order chi connectivity index (χ1) is 7.02. The van der Waals surface area contributed by atoms with Crippen LogP contribution in [0, 0.1) is 5.92 Å². The van der Waals surface area contributed by atoms with E-state index >= 15 is 0 Å². The number of ether oxygens (including phenoxy) is 1. The third-order valence-electron chi connectivity index (χ3n) is 2.13. The Labute approximate surface area is 95.5 Å². The summed E-state index contributed by atoms with van der Waals surface area (Å²) in [6.45, 7) is 2.33. The summed E-state index contributed by atoms with van der Waals surface area (Å²) in [6.07, 6.45) is 0.952. The Bertz CT molecular complexity index is 221. The second-order valence-electron chi connectivity index (χ2n) is 3.49. The van der Waals surface area contributed by atoms with Gasteiger partial charge in [0.05, 0.1) is 7.11 Å². The summed E-state index contributed by atoms with van der Waals surface area (Å²) in [7, 11) is 3.06. The van der Waals surface area contributed by atoms with Crippen LogP contribution >= 0.6 is 11.6 Å². The molecular formula is C10H18ClNO3. The molecule has 0 radical (unpaired) electrons. The van der Waals surface area contributed by atoms with Gasteiger partial charge in [-0.2, -0.15) is 0 Å². The number of methoxy groups -OCH3 is 1. The lowest BCUT2D eigenvalue weighted by atomic mass is 10.2. The molecule has 0 N–H and O–H groups in total. The highest BCUT2D eigenvalue weighted by atomic mass is 35.5. The van der Waals surface area contributed by atoms with Crippen LogP contribution in [0.1, 0.15) is 19.8 Å². The molecule has 0 spiro atoms. The van der Waals surface area contributed by atoms with Gasteiger partial charge in [-0.25, -0.2) is 0 Å². The summed E-state index contributed by atoms with van der Waals surface area (Å²) in [6, 6.07) is 0. The molecular weight excluding hydrogens is 218 g/mol. The lowest BCUT2D eigenvalue weighted by Gasteiger charge is -2.19. The van der Waals surface area contributed by atoms with Gasteiger partial charge in [-0.05, 0) is 6.42 Å². The Morgan fingerprint density at radius 2 is 2.07 bits per heavy atom. The molecule has 1 amide bonds. The number of amides is 1. The van der Waals surface area contributed by atoms with Gasteiger partial charge in [0.15, 0.2) is 0 Å². The van der Waals surface area contributed by atoms with E-state index in [1.165, 1.54) is 7.11 Å². The molecule has 0 aliphatic heterocycles.